The Morgan fingerprint density at radius 3 is 2.65 bits per heavy atom. The highest BCUT2D eigenvalue weighted by molar-refractivity contribution is 5.69. The van der Waals surface area contributed by atoms with Crippen LogP contribution in [0.3, 0.4) is 0 Å². The van der Waals surface area contributed by atoms with E-state index in [0.29, 0.717) is 26.2 Å². The first-order valence-corrected chi connectivity index (χ1v) is 7.27. The molecule has 1 rings (SSSR count). The summed E-state index contributed by atoms with van der Waals surface area (Å²) in [5.41, 5.74) is 0. The van der Waals surface area contributed by atoms with Crippen molar-refractivity contribution < 1.29 is 23.7 Å². The Morgan fingerprint density at radius 1 is 1.20 bits per heavy atom. The van der Waals surface area contributed by atoms with E-state index in [1.807, 2.05) is 0 Å². The minimum absolute atomic E-state index is 0.0615. The third-order valence-corrected chi connectivity index (χ3v) is 3.32. The van der Waals surface area contributed by atoms with E-state index >= 15 is 0 Å². The number of hydrogen-bond donors (Lipinski definition) is 0. The van der Waals surface area contributed by atoms with Gasteiger partial charge in [0.1, 0.15) is 0 Å². The van der Waals surface area contributed by atoms with Crippen LogP contribution >= 0.6 is 0 Å². The molecule has 1 fully saturated rings. The van der Waals surface area contributed by atoms with Gasteiger partial charge in [-0.25, -0.2) is 0 Å². The Balaban J connectivity index is 2.18. The molecule has 0 bridgehead atoms. The van der Waals surface area contributed by atoms with E-state index in [2.05, 4.69) is 9.64 Å². The number of esters is 1. The van der Waals surface area contributed by atoms with Gasteiger partial charge in [0, 0.05) is 33.4 Å². The van der Waals surface area contributed by atoms with E-state index < -0.39 is 0 Å². The molecule has 6 nitrogen and oxygen atoms in total. The second-order valence-corrected chi connectivity index (χ2v) is 4.83. The second-order valence-electron chi connectivity index (χ2n) is 4.83. The molecule has 6 heteroatoms. The molecule has 1 aliphatic heterocycles. The lowest BCUT2D eigenvalue weighted by Gasteiger charge is -2.25. The predicted octanol–water partition coefficient (Wildman–Crippen LogP) is 1.04. The van der Waals surface area contributed by atoms with Crippen molar-refractivity contribution in [3.8, 4) is 0 Å². The van der Waals surface area contributed by atoms with Crippen LogP contribution < -0.4 is 0 Å². The van der Waals surface area contributed by atoms with Gasteiger partial charge in [0.25, 0.3) is 0 Å². The Kier molecular flexibility index (Phi) is 9.57. The van der Waals surface area contributed by atoms with E-state index in [4.69, 9.17) is 14.2 Å². The van der Waals surface area contributed by atoms with Gasteiger partial charge in [0.05, 0.1) is 26.7 Å². The summed E-state index contributed by atoms with van der Waals surface area (Å²) in [4.78, 5) is 13.3. The van der Waals surface area contributed by atoms with Crippen LogP contribution in [-0.4, -0.2) is 70.8 Å². The number of ether oxygens (including phenoxy) is 4. The first-order chi connectivity index (χ1) is 9.76. The molecular formula is C14H27NO5. The maximum atomic E-state index is 11.2. The van der Waals surface area contributed by atoms with Crippen LogP contribution in [-0.2, 0) is 23.7 Å². The first kappa shape index (κ1) is 17.4. The molecule has 1 heterocycles. The van der Waals surface area contributed by atoms with Crippen molar-refractivity contribution in [3.63, 3.8) is 0 Å². The van der Waals surface area contributed by atoms with Crippen molar-refractivity contribution in [1.29, 1.82) is 0 Å². The van der Waals surface area contributed by atoms with Crippen LogP contribution in [0.5, 0.6) is 0 Å². The van der Waals surface area contributed by atoms with Crippen molar-refractivity contribution in [3.05, 3.63) is 0 Å². The summed E-state index contributed by atoms with van der Waals surface area (Å²) in [6.07, 6.45) is 3.59. The third-order valence-electron chi connectivity index (χ3n) is 3.32. The van der Waals surface area contributed by atoms with Crippen LogP contribution in [0.25, 0.3) is 0 Å². The Morgan fingerprint density at radius 2 is 2.00 bits per heavy atom. The smallest absolute Gasteiger partial charge is 0.306 e. The molecule has 1 aliphatic rings. The fourth-order valence-corrected chi connectivity index (χ4v) is 2.06. The number of hydrogen-bond acceptors (Lipinski definition) is 6. The summed E-state index contributed by atoms with van der Waals surface area (Å²) < 4.78 is 21.0. The second kappa shape index (κ2) is 11.0. The molecule has 0 spiro atoms. The van der Waals surface area contributed by atoms with Gasteiger partial charge in [-0.3, -0.25) is 9.69 Å². The van der Waals surface area contributed by atoms with E-state index in [1.54, 1.807) is 7.11 Å². The topological polar surface area (TPSA) is 57.2 Å². The highest BCUT2D eigenvalue weighted by atomic mass is 16.7. The molecule has 1 saturated heterocycles. The lowest BCUT2D eigenvalue weighted by atomic mass is 10.2. The summed E-state index contributed by atoms with van der Waals surface area (Å²) >= 11 is 0. The maximum Gasteiger partial charge on any atom is 0.306 e. The highest BCUT2D eigenvalue weighted by Crippen LogP contribution is 2.13. The van der Waals surface area contributed by atoms with Crippen LogP contribution in [0.4, 0.5) is 0 Å². The molecular weight excluding hydrogens is 262 g/mol. The van der Waals surface area contributed by atoms with Crippen molar-refractivity contribution in [2.75, 3.05) is 53.7 Å². The minimum Gasteiger partial charge on any atom is -0.469 e. The van der Waals surface area contributed by atoms with E-state index in [9.17, 15) is 4.79 Å². The summed E-state index contributed by atoms with van der Waals surface area (Å²) in [5.74, 6) is -0.191. The maximum absolute atomic E-state index is 11.2. The minimum atomic E-state index is -0.191. The van der Waals surface area contributed by atoms with Crippen molar-refractivity contribution in [1.82, 2.24) is 4.90 Å². The SMILES string of the molecule is COCCN(CCOC1CCCCO1)CCC(=O)OC. The molecule has 0 saturated carbocycles. The molecule has 0 N–H and O–H groups in total. The summed E-state index contributed by atoms with van der Waals surface area (Å²) in [6, 6.07) is 0. The van der Waals surface area contributed by atoms with Crippen LogP contribution in [0.1, 0.15) is 25.7 Å². The molecule has 1 atom stereocenters. The average Bonchev–Trinajstić information content (AvgIpc) is 2.50. The van der Waals surface area contributed by atoms with Crippen molar-refractivity contribution in [2.24, 2.45) is 0 Å². The number of methoxy groups -OCH3 is 2. The predicted molar refractivity (Wildman–Crippen MR) is 74.5 cm³/mol. The van der Waals surface area contributed by atoms with Gasteiger partial charge in [-0.05, 0) is 19.3 Å². The molecule has 20 heavy (non-hydrogen) atoms. The molecule has 1 unspecified atom stereocenters. The first-order valence-electron chi connectivity index (χ1n) is 7.27. The van der Waals surface area contributed by atoms with E-state index in [-0.39, 0.29) is 12.3 Å². The molecule has 118 valence electrons. The van der Waals surface area contributed by atoms with Crippen LogP contribution in [0.2, 0.25) is 0 Å². The molecule has 0 aromatic heterocycles. The van der Waals surface area contributed by atoms with Gasteiger partial charge in [-0.15, -0.1) is 0 Å². The van der Waals surface area contributed by atoms with Crippen molar-refractivity contribution >= 4 is 5.97 Å². The Bertz CT molecular complexity index is 256. The summed E-state index contributed by atoms with van der Waals surface area (Å²) in [7, 11) is 3.08. The van der Waals surface area contributed by atoms with Gasteiger partial charge in [-0.1, -0.05) is 0 Å². The zero-order chi connectivity index (χ0) is 14.6. The summed E-state index contributed by atoms with van der Waals surface area (Å²) in [5, 5.41) is 0. The zero-order valence-electron chi connectivity index (χ0n) is 12.6. The number of rotatable bonds is 10. The monoisotopic (exact) mass is 289 g/mol. The number of carbonyl (C=O) groups excluding carboxylic acids is 1. The normalized spacial score (nSPS) is 19.2. The fourth-order valence-electron chi connectivity index (χ4n) is 2.06. The van der Waals surface area contributed by atoms with E-state index in [0.717, 1.165) is 32.5 Å². The average molecular weight is 289 g/mol. The lowest BCUT2D eigenvalue weighted by Crippen LogP contribution is -2.34. The van der Waals surface area contributed by atoms with Crippen LogP contribution in [0.15, 0.2) is 0 Å². The molecule has 0 radical (unpaired) electrons. The third kappa shape index (κ3) is 7.79. The largest absolute Gasteiger partial charge is 0.469 e. The van der Waals surface area contributed by atoms with Gasteiger partial charge in [-0.2, -0.15) is 0 Å². The van der Waals surface area contributed by atoms with E-state index in [1.165, 1.54) is 13.5 Å². The van der Waals surface area contributed by atoms with Gasteiger partial charge in [0.2, 0.25) is 0 Å². The Labute approximate surface area is 121 Å². The lowest BCUT2D eigenvalue weighted by molar-refractivity contribution is -0.164. The quantitative estimate of drug-likeness (QED) is 0.560. The van der Waals surface area contributed by atoms with Gasteiger partial charge < -0.3 is 18.9 Å². The molecule has 0 amide bonds. The zero-order valence-corrected chi connectivity index (χ0v) is 12.6. The molecule has 0 aromatic rings. The van der Waals surface area contributed by atoms with Gasteiger partial charge >= 0.3 is 5.97 Å². The summed E-state index contributed by atoms with van der Waals surface area (Å²) in [6.45, 7) is 4.24. The fraction of sp³-hybridized carbons (Fsp3) is 0.929. The van der Waals surface area contributed by atoms with Crippen molar-refractivity contribution in [2.45, 2.75) is 32.0 Å². The number of carbonyl (C=O) groups is 1. The van der Waals surface area contributed by atoms with Crippen LogP contribution in [0, 0.1) is 0 Å². The molecule has 0 aromatic carbocycles. The highest BCUT2D eigenvalue weighted by Gasteiger charge is 2.15. The standard InChI is InChI=1S/C14H27NO5/c1-17-11-8-15(7-6-13(16)18-2)9-12-20-14-5-3-4-10-19-14/h14H,3-12H2,1-2H3. The van der Waals surface area contributed by atoms with Gasteiger partial charge in [0.15, 0.2) is 6.29 Å². The Hall–Kier alpha value is -0.690. The number of nitrogens with zero attached hydrogens (tertiary/aromatic N) is 1. The molecule has 0 aliphatic carbocycles.